The third-order valence-corrected chi connectivity index (χ3v) is 6.55. The standard InChI is InChI=1S/C18H26N2O5S/c1-13(2)19(4)26(23,24)16-9-7-8-15(12-16)18(22)25-14(3)17(21)20-10-5-6-11-20/h7-9,12-14H,5-6,10-11H2,1-4H3. The zero-order chi connectivity index (χ0) is 19.5. The first-order valence-corrected chi connectivity index (χ1v) is 10.2. The lowest BCUT2D eigenvalue weighted by Gasteiger charge is -2.22. The van der Waals surface area contributed by atoms with Gasteiger partial charge in [-0.15, -0.1) is 0 Å². The molecule has 0 saturated carbocycles. The van der Waals surface area contributed by atoms with Gasteiger partial charge >= 0.3 is 5.97 Å². The molecule has 1 aliphatic heterocycles. The van der Waals surface area contributed by atoms with E-state index in [1.54, 1.807) is 18.7 Å². The van der Waals surface area contributed by atoms with Gasteiger partial charge in [0.25, 0.3) is 5.91 Å². The highest BCUT2D eigenvalue weighted by Crippen LogP contribution is 2.19. The van der Waals surface area contributed by atoms with Gasteiger partial charge in [0.2, 0.25) is 10.0 Å². The number of ether oxygens (including phenoxy) is 1. The minimum Gasteiger partial charge on any atom is -0.449 e. The van der Waals surface area contributed by atoms with Crippen LogP contribution < -0.4 is 0 Å². The number of benzene rings is 1. The van der Waals surface area contributed by atoms with Crippen LogP contribution in [0.5, 0.6) is 0 Å². The quantitative estimate of drug-likeness (QED) is 0.702. The van der Waals surface area contributed by atoms with Crippen LogP contribution in [0.25, 0.3) is 0 Å². The van der Waals surface area contributed by atoms with Crippen molar-refractivity contribution in [2.45, 2.75) is 50.7 Å². The first kappa shape index (κ1) is 20.4. The molecule has 1 aromatic rings. The summed E-state index contributed by atoms with van der Waals surface area (Å²) in [6.07, 6.45) is 1.00. The predicted molar refractivity (Wildman–Crippen MR) is 97.2 cm³/mol. The number of carbonyl (C=O) groups is 2. The number of carbonyl (C=O) groups excluding carboxylic acids is 2. The maximum absolute atomic E-state index is 12.6. The maximum Gasteiger partial charge on any atom is 0.338 e. The van der Waals surface area contributed by atoms with Crippen molar-refractivity contribution in [2.24, 2.45) is 0 Å². The smallest absolute Gasteiger partial charge is 0.338 e. The Morgan fingerprint density at radius 3 is 2.35 bits per heavy atom. The Morgan fingerprint density at radius 1 is 1.15 bits per heavy atom. The molecule has 2 rings (SSSR count). The number of hydrogen-bond donors (Lipinski definition) is 0. The van der Waals surface area contributed by atoms with Crippen LogP contribution in [-0.2, 0) is 19.6 Å². The van der Waals surface area contributed by atoms with Gasteiger partial charge in [0.05, 0.1) is 10.5 Å². The average Bonchev–Trinajstić information content (AvgIpc) is 3.14. The predicted octanol–water partition coefficient (Wildman–Crippen LogP) is 1.88. The molecule has 1 atom stereocenters. The van der Waals surface area contributed by atoms with E-state index in [1.165, 1.54) is 42.5 Å². The van der Waals surface area contributed by atoms with Crippen molar-refractivity contribution in [1.29, 1.82) is 0 Å². The fraction of sp³-hybridized carbons (Fsp3) is 0.556. The highest BCUT2D eigenvalue weighted by molar-refractivity contribution is 7.89. The molecule has 1 fully saturated rings. The van der Waals surface area contributed by atoms with Crippen LogP contribution in [0.15, 0.2) is 29.2 Å². The van der Waals surface area contributed by atoms with Crippen LogP contribution in [0.2, 0.25) is 0 Å². The summed E-state index contributed by atoms with van der Waals surface area (Å²) in [5, 5.41) is 0. The Balaban J connectivity index is 2.14. The van der Waals surface area contributed by atoms with Crippen molar-refractivity contribution >= 4 is 21.9 Å². The zero-order valence-electron chi connectivity index (χ0n) is 15.6. The van der Waals surface area contributed by atoms with Gasteiger partial charge in [0.1, 0.15) is 0 Å². The lowest BCUT2D eigenvalue weighted by Crippen LogP contribution is -2.38. The van der Waals surface area contributed by atoms with E-state index in [-0.39, 0.29) is 22.4 Å². The molecule has 0 radical (unpaired) electrons. The van der Waals surface area contributed by atoms with Crippen molar-refractivity contribution in [2.75, 3.05) is 20.1 Å². The van der Waals surface area contributed by atoms with Crippen LogP contribution in [0.4, 0.5) is 0 Å². The number of sulfonamides is 1. The highest BCUT2D eigenvalue weighted by atomic mass is 32.2. The van der Waals surface area contributed by atoms with Gasteiger partial charge in [0.15, 0.2) is 6.10 Å². The minimum atomic E-state index is -3.70. The first-order chi connectivity index (χ1) is 12.1. The number of likely N-dealkylation sites (tertiary alicyclic amines) is 1. The molecular formula is C18H26N2O5S. The molecule has 1 aromatic carbocycles. The lowest BCUT2D eigenvalue weighted by molar-refractivity contribution is -0.138. The molecule has 0 spiro atoms. The maximum atomic E-state index is 12.6. The van der Waals surface area contributed by atoms with E-state index >= 15 is 0 Å². The summed E-state index contributed by atoms with van der Waals surface area (Å²) >= 11 is 0. The summed E-state index contributed by atoms with van der Waals surface area (Å²) in [5.41, 5.74) is 0.101. The molecule has 26 heavy (non-hydrogen) atoms. The summed E-state index contributed by atoms with van der Waals surface area (Å²) in [7, 11) is -2.21. The van der Waals surface area contributed by atoms with Crippen LogP contribution in [0.1, 0.15) is 44.0 Å². The average molecular weight is 382 g/mol. The number of amides is 1. The number of rotatable bonds is 6. The summed E-state index contributed by atoms with van der Waals surface area (Å²) in [5.74, 6) is -0.937. The molecule has 0 aliphatic carbocycles. The second-order valence-corrected chi connectivity index (χ2v) is 8.72. The second-order valence-electron chi connectivity index (χ2n) is 6.72. The van der Waals surface area contributed by atoms with Crippen LogP contribution in [0.3, 0.4) is 0 Å². The third-order valence-electron chi connectivity index (χ3n) is 4.52. The van der Waals surface area contributed by atoms with Gasteiger partial charge in [-0.3, -0.25) is 4.79 Å². The molecule has 1 aliphatic rings. The number of hydrogen-bond acceptors (Lipinski definition) is 5. The Bertz CT molecular complexity index is 770. The van der Waals surface area contributed by atoms with E-state index in [0.29, 0.717) is 13.1 Å². The van der Waals surface area contributed by atoms with E-state index < -0.39 is 22.1 Å². The largest absolute Gasteiger partial charge is 0.449 e. The van der Waals surface area contributed by atoms with Crippen LogP contribution in [0, 0.1) is 0 Å². The van der Waals surface area contributed by atoms with E-state index in [1.807, 2.05) is 0 Å². The van der Waals surface area contributed by atoms with Gasteiger partial charge in [-0.2, -0.15) is 4.31 Å². The molecule has 0 bridgehead atoms. The SMILES string of the molecule is CC(OC(=O)c1cccc(S(=O)(=O)N(C)C(C)C)c1)C(=O)N1CCCC1. The van der Waals surface area contributed by atoms with Gasteiger partial charge in [-0.1, -0.05) is 6.07 Å². The molecule has 1 amide bonds. The molecule has 144 valence electrons. The van der Waals surface area contributed by atoms with E-state index in [2.05, 4.69) is 0 Å². The van der Waals surface area contributed by atoms with Crippen molar-refractivity contribution < 1.29 is 22.7 Å². The van der Waals surface area contributed by atoms with Gasteiger partial charge in [-0.05, 0) is 51.8 Å². The topological polar surface area (TPSA) is 84.0 Å². The molecule has 8 heteroatoms. The van der Waals surface area contributed by atoms with Gasteiger partial charge in [0, 0.05) is 26.2 Å². The van der Waals surface area contributed by atoms with E-state index in [9.17, 15) is 18.0 Å². The third kappa shape index (κ3) is 4.42. The molecule has 1 saturated heterocycles. The monoisotopic (exact) mass is 382 g/mol. The fourth-order valence-electron chi connectivity index (χ4n) is 2.70. The Morgan fingerprint density at radius 2 is 1.77 bits per heavy atom. The summed E-state index contributed by atoms with van der Waals surface area (Å²) < 4.78 is 31.6. The zero-order valence-corrected chi connectivity index (χ0v) is 16.5. The van der Waals surface area contributed by atoms with Crippen molar-refractivity contribution in [3.63, 3.8) is 0 Å². The van der Waals surface area contributed by atoms with Gasteiger partial charge < -0.3 is 9.64 Å². The van der Waals surface area contributed by atoms with Crippen molar-refractivity contribution in [3.8, 4) is 0 Å². The fourth-order valence-corrected chi connectivity index (χ4v) is 4.12. The van der Waals surface area contributed by atoms with Crippen molar-refractivity contribution in [1.82, 2.24) is 9.21 Å². The molecule has 1 heterocycles. The Kier molecular flexibility index (Phi) is 6.41. The molecule has 1 unspecified atom stereocenters. The highest BCUT2D eigenvalue weighted by Gasteiger charge is 2.27. The Hall–Kier alpha value is -1.93. The summed E-state index contributed by atoms with van der Waals surface area (Å²) in [6.45, 7) is 6.42. The van der Waals surface area contributed by atoms with E-state index in [4.69, 9.17) is 4.74 Å². The lowest BCUT2D eigenvalue weighted by atomic mass is 10.2. The molecular weight excluding hydrogens is 356 g/mol. The molecule has 0 N–H and O–H groups in total. The van der Waals surface area contributed by atoms with Crippen LogP contribution >= 0.6 is 0 Å². The number of nitrogens with zero attached hydrogens (tertiary/aromatic N) is 2. The Labute approximate surface area is 155 Å². The van der Waals surface area contributed by atoms with Crippen LogP contribution in [-0.4, -0.2) is 61.8 Å². The molecule has 7 nitrogen and oxygen atoms in total. The van der Waals surface area contributed by atoms with E-state index in [0.717, 1.165) is 12.8 Å². The minimum absolute atomic E-state index is 0.0154. The normalized spacial score (nSPS) is 16.2. The summed E-state index contributed by atoms with van der Waals surface area (Å²) in [4.78, 5) is 26.3. The molecule has 0 aromatic heterocycles. The second kappa shape index (κ2) is 8.18. The summed E-state index contributed by atoms with van der Waals surface area (Å²) in [6, 6.07) is 5.47. The van der Waals surface area contributed by atoms with Gasteiger partial charge in [-0.25, -0.2) is 13.2 Å². The van der Waals surface area contributed by atoms with Crippen molar-refractivity contribution in [3.05, 3.63) is 29.8 Å². The first-order valence-electron chi connectivity index (χ1n) is 8.72. The number of esters is 1.